The molecule has 0 N–H and O–H groups in total. The van der Waals surface area contributed by atoms with Gasteiger partial charge >= 0.3 is 0 Å². The first kappa shape index (κ1) is 17.9. The lowest BCUT2D eigenvalue weighted by molar-refractivity contribution is 0.0863. The molecule has 1 aromatic rings. The van der Waals surface area contributed by atoms with Crippen LogP contribution in [-0.2, 0) is 21.4 Å². The Morgan fingerprint density at radius 1 is 1.12 bits per heavy atom. The molecular formula is C18H28N2O3S. The zero-order valence-electron chi connectivity index (χ0n) is 14.4. The lowest BCUT2D eigenvalue weighted by atomic mass is 9.95. The maximum absolute atomic E-state index is 11.9. The number of sulfonamides is 1. The summed E-state index contributed by atoms with van der Waals surface area (Å²) in [6.07, 6.45) is 4.59. The second-order valence-electron chi connectivity index (χ2n) is 7.06. The van der Waals surface area contributed by atoms with E-state index in [1.807, 2.05) is 18.2 Å². The fourth-order valence-corrected chi connectivity index (χ4v) is 4.74. The Kier molecular flexibility index (Phi) is 5.92. The molecule has 134 valence electrons. The summed E-state index contributed by atoms with van der Waals surface area (Å²) in [6.45, 7) is 4.77. The zero-order chi connectivity index (χ0) is 17.0. The van der Waals surface area contributed by atoms with Crippen molar-refractivity contribution in [3.63, 3.8) is 0 Å². The first-order valence-electron chi connectivity index (χ1n) is 8.83. The van der Waals surface area contributed by atoms with E-state index in [1.54, 1.807) is 4.31 Å². The van der Waals surface area contributed by atoms with Crippen molar-refractivity contribution in [2.45, 2.75) is 31.9 Å². The smallest absolute Gasteiger partial charge is 0.211 e. The zero-order valence-corrected chi connectivity index (χ0v) is 15.2. The first-order chi connectivity index (χ1) is 11.5. The largest absolute Gasteiger partial charge is 0.377 e. The van der Waals surface area contributed by atoms with Gasteiger partial charge in [-0.1, -0.05) is 30.3 Å². The van der Waals surface area contributed by atoms with Crippen LogP contribution in [0.3, 0.4) is 0 Å². The van der Waals surface area contributed by atoms with Crippen molar-refractivity contribution in [1.82, 2.24) is 9.21 Å². The SMILES string of the molecule is CS(=O)(=O)N1C[C@@H]2CC[C@H](C1)N(CCCOCc1ccccc1)C2. The molecule has 5 nitrogen and oxygen atoms in total. The fraction of sp³-hybridized carbons (Fsp3) is 0.667. The minimum atomic E-state index is -3.08. The molecule has 0 spiro atoms. The predicted octanol–water partition coefficient (Wildman–Crippen LogP) is 1.95. The monoisotopic (exact) mass is 352 g/mol. The number of piperidine rings is 1. The van der Waals surface area contributed by atoms with Crippen LogP contribution in [0, 0.1) is 5.92 Å². The van der Waals surface area contributed by atoms with E-state index >= 15 is 0 Å². The molecule has 0 unspecified atom stereocenters. The van der Waals surface area contributed by atoms with Crippen molar-refractivity contribution in [2.75, 3.05) is 39.0 Å². The summed E-state index contributed by atoms with van der Waals surface area (Å²) in [5, 5.41) is 0. The molecule has 3 heterocycles. The lowest BCUT2D eigenvalue weighted by Gasteiger charge is -2.36. The van der Waals surface area contributed by atoms with Gasteiger partial charge in [0.1, 0.15) is 0 Å². The lowest BCUT2D eigenvalue weighted by Crippen LogP contribution is -2.44. The fourth-order valence-electron chi connectivity index (χ4n) is 3.81. The van der Waals surface area contributed by atoms with Crippen LogP contribution in [0.4, 0.5) is 0 Å². The van der Waals surface area contributed by atoms with Crippen molar-refractivity contribution in [3.05, 3.63) is 35.9 Å². The second-order valence-corrected chi connectivity index (χ2v) is 9.05. The highest BCUT2D eigenvalue weighted by molar-refractivity contribution is 7.88. The summed E-state index contributed by atoms with van der Waals surface area (Å²) >= 11 is 0. The molecule has 4 rings (SSSR count). The normalized spacial score (nSPS) is 25.7. The maximum Gasteiger partial charge on any atom is 0.211 e. The first-order valence-corrected chi connectivity index (χ1v) is 10.7. The summed E-state index contributed by atoms with van der Waals surface area (Å²) in [6, 6.07) is 10.6. The van der Waals surface area contributed by atoms with Crippen molar-refractivity contribution in [2.24, 2.45) is 5.92 Å². The Balaban J connectivity index is 1.43. The van der Waals surface area contributed by atoms with Crippen LogP contribution in [0.2, 0.25) is 0 Å². The molecule has 2 bridgehead atoms. The summed E-state index contributed by atoms with van der Waals surface area (Å²) < 4.78 is 31.2. The predicted molar refractivity (Wildman–Crippen MR) is 95.2 cm³/mol. The minimum absolute atomic E-state index is 0.368. The molecule has 3 fully saturated rings. The standard InChI is InChI=1S/C18H28N2O3S/c1-24(21,22)20-13-17-8-9-18(14-20)19(12-17)10-5-11-23-15-16-6-3-2-4-7-16/h2-4,6-7,17-18H,5,8-15H2,1H3/t17-,18-/m1/s1. The number of nitrogens with zero attached hydrogens (tertiary/aromatic N) is 2. The van der Waals surface area contributed by atoms with E-state index < -0.39 is 10.0 Å². The van der Waals surface area contributed by atoms with Gasteiger partial charge < -0.3 is 4.74 Å². The van der Waals surface area contributed by atoms with E-state index in [-0.39, 0.29) is 0 Å². The number of benzene rings is 1. The van der Waals surface area contributed by atoms with Crippen LogP contribution < -0.4 is 0 Å². The molecule has 2 atom stereocenters. The van der Waals surface area contributed by atoms with Crippen molar-refractivity contribution < 1.29 is 13.2 Å². The highest BCUT2D eigenvalue weighted by Crippen LogP contribution is 2.29. The maximum atomic E-state index is 11.9. The molecule has 0 saturated carbocycles. The average Bonchev–Trinajstić information content (AvgIpc) is 2.87. The number of ether oxygens (including phenoxy) is 1. The van der Waals surface area contributed by atoms with Gasteiger partial charge in [0.2, 0.25) is 10.0 Å². The van der Waals surface area contributed by atoms with Crippen LogP contribution in [0.15, 0.2) is 30.3 Å². The molecule has 0 aromatic heterocycles. The summed E-state index contributed by atoms with van der Waals surface area (Å²) in [7, 11) is -3.08. The molecular weight excluding hydrogens is 324 g/mol. The Morgan fingerprint density at radius 2 is 1.92 bits per heavy atom. The van der Waals surface area contributed by atoms with Gasteiger partial charge in [-0.25, -0.2) is 12.7 Å². The van der Waals surface area contributed by atoms with E-state index in [4.69, 9.17) is 4.74 Å². The van der Waals surface area contributed by atoms with Gasteiger partial charge in [-0.15, -0.1) is 0 Å². The van der Waals surface area contributed by atoms with Gasteiger partial charge in [-0.05, 0) is 30.7 Å². The molecule has 3 aliphatic rings. The summed E-state index contributed by atoms with van der Waals surface area (Å²) in [5.41, 5.74) is 1.20. The van der Waals surface area contributed by atoms with Gasteiger partial charge in [0.15, 0.2) is 0 Å². The average molecular weight is 353 g/mol. The Labute approximate surface area is 145 Å². The van der Waals surface area contributed by atoms with Gasteiger partial charge in [0.25, 0.3) is 0 Å². The van der Waals surface area contributed by atoms with E-state index in [2.05, 4.69) is 17.0 Å². The Morgan fingerprint density at radius 3 is 2.67 bits per heavy atom. The topological polar surface area (TPSA) is 49.9 Å². The molecule has 1 aromatic carbocycles. The summed E-state index contributed by atoms with van der Waals surface area (Å²) in [4.78, 5) is 2.48. The number of rotatable bonds is 7. The summed E-state index contributed by atoms with van der Waals surface area (Å²) in [5.74, 6) is 0.476. The van der Waals surface area contributed by atoms with E-state index in [0.29, 0.717) is 31.7 Å². The number of hydrogen-bond acceptors (Lipinski definition) is 4. The Hall–Kier alpha value is -0.950. The number of hydrogen-bond donors (Lipinski definition) is 0. The molecule has 0 aliphatic carbocycles. The molecule has 0 radical (unpaired) electrons. The van der Waals surface area contributed by atoms with E-state index in [1.165, 1.54) is 11.8 Å². The second kappa shape index (κ2) is 7.95. The van der Waals surface area contributed by atoms with Crippen LogP contribution in [0.25, 0.3) is 0 Å². The molecule has 0 amide bonds. The third-order valence-electron chi connectivity index (χ3n) is 5.11. The van der Waals surface area contributed by atoms with Crippen molar-refractivity contribution in [1.29, 1.82) is 0 Å². The Bertz CT molecular complexity index is 620. The highest BCUT2D eigenvalue weighted by Gasteiger charge is 2.37. The van der Waals surface area contributed by atoms with Crippen molar-refractivity contribution in [3.8, 4) is 0 Å². The van der Waals surface area contributed by atoms with Gasteiger partial charge in [0, 0.05) is 38.8 Å². The van der Waals surface area contributed by atoms with Gasteiger partial charge in [-0.2, -0.15) is 0 Å². The van der Waals surface area contributed by atoms with Crippen LogP contribution >= 0.6 is 0 Å². The van der Waals surface area contributed by atoms with Crippen LogP contribution in [0.5, 0.6) is 0 Å². The quantitative estimate of drug-likeness (QED) is 0.704. The third kappa shape index (κ3) is 4.79. The molecule has 3 aliphatic heterocycles. The van der Waals surface area contributed by atoms with Gasteiger partial charge in [0.05, 0.1) is 12.9 Å². The van der Waals surface area contributed by atoms with Crippen LogP contribution in [-0.4, -0.2) is 62.7 Å². The molecule has 3 saturated heterocycles. The highest BCUT2D eigenvalue weighted by atomic mass is 32.2. The number of fused-ring (bicyclic) bond motifs is 4. The minimum Gasteiger partial charge on any atom is -0.377 e. The van der Waals surface area contributed by atoms with E-state index in [0.717, 1.165) is 39.0 Å². The molecule has 24 heavy (non-hydrogen) atoms. The van der Waals surface area contributed by atoms with Crippen LogP contribution in [0.1, 0.15) is 24.8 Å². The third-order valence-corrected chi connectivity index (χ3v) is 6.34. The van der Waals surface area contributed by atoms with E-state index in [9.17, 15) is 8.42 Å². The molecule has 6 heteroatoms. The van der Waals surface area contributed by atoms with Crippen molar-refractivity contribution >= 4 is 10.0 Å². The van der Waals surface area contributed by atoms with Gasteiger partial charge in [-0.3, -0.25) is 4.90 Å².